The number of nitrogens with one attached hydrogen (secondary N) is 1. The number of allylic oxidation sites excluding steroid dienone is 1. The number of hydrogen-bond donors (Lipinski definition) is 1. The molecule has 0 aromatic carbocycles. The summed E-state index contributed by atoms with van der Waals surface area (Å²) in [5.41, 5.74) is 0. The molecular formula is C7H13N. The molecule has 0 rings (SSSR count). The minimum Gasteiger partial charge on any atom is -0.391 e. The summed E-state index contributed by atoms with van der Waals surface area (Å²) >= 11 is 0. The average molecular weight is 111 g/mol. The Morgan fingerprint density at radius 1 is 1.62 bits per heavy atom. The zero-order valence-electron chi connectivity index (χ0n) is 5.35. The van der Waals surface area contributed by atoms with Gasteiger partial charge in [-0.05, 0) is 19.5 Å². The van der Waals surface area contributed by atoms with Crippen molar-refractivity contribution in [3.63, 3.8) is 0 Å². The van der Waals surface area contributed by atoms with Crippen LogP contribution in [0.1, 0.15) is 13.3 Å². The molecule has 0 atom stereocenters. The van der Waals surface area contributed by atoms with Gasteiger partial charge in [0.15, 0.2) is 0 Å². The predicted molar refractivity (Wildman–Crippen MR) is 37.6 cm³/mol. The highest BCUT2D eigenvalue weighted by Gasteiger charge is 1.71. The summed E-state index contributed by atoms with van der Waals surface area (Å²) in [6.45, 7) is 6.58. The highest BCUT2D eigenvalue weighted by molar-refractivity contribution is 4.76. The van der Waals surface area contributed by atoms with E-state index in [-0.39, 0.29) is 0 Å². The lowest BCUT2D eigenvalue weighted by molar-refractivity contribution is 0.852. The fourth-order valence-electron chi connectivity index (χ4n) is 0.387. The summed E-state index contributed by atoms with van der Waals surface area (Å²) in [7, 11) is 0. The molecule has 0 unspecified atom stereocenters. The largest absolute Gasteiger partial charge is 0.391 e. The maximum absolute atomic E-state index is 3.59. The van der Waals surface area contributed by atoms with Gasteiger partial charge in [-0.25, -0.2) is 0 Å². The van der Waals surface area contributed by atoms with Crippen molar-refractivity contribution in [2.24, 2.45) is 0 Å². The van der Waals surface area contributed by atoms with Crippen molar-refractivity contribution in [2.75, 3.05) is 6.54 Å². The molecule has 1 nitrogen and oxygen atoms in total. The number of hydrogen-bond acceptors (Lipinski definition) is 1. The van der Waals surface area contributed by atoms with E-state index in [2.05, 4.69) is 11.9 Å². The van der Waals surface area contributed by atoms with E-state index >= 15 is 0 Å². The Morgan fingerprint density at radius 2 is 2.38 bits per heavy atom. The molecular weight excluding hydrogens is 98.1 g/mol. The van der Waals surface area contributed by atoms with Crippen molar-refractivity contribution >= 4 is 0 Å². The molecule has 0 bridgehead atoms. The summed E-state index contributed by atoms with van der Waals surface area (Å²) in [6.07, 6.45) is 6.84. The van der Waals surface area contributed by atoms with Gasteiger partial charge in [0.1, 0.15) is 0 Å². The van der Waals surface area contributed by atoms with Gasteiger partial charge in [0, 0.05) is 6.54 Å². The minimum atomic E-state index is 0.994. The van der Waals surface area contributed by atoms with Crippen LogP contribution in [0.25, 0.3) is 0 Å². The molecule has 0 radical (unpaired) electrons. The third-order valence-electron chi connectivity index (χ3n) is 0.777. The van der Waals surface area contributed by atoms with Gasteiger partial charge in [0.2, 0.25) is 0 Å². The summed E-state index contributed by atoms with van der Waals surface area (Å²) in [5.74, 6) is 0. The molecule has 0 aliphatic carbocycles. The highest BCUT2D eigenvalue weighted by atomic mass is 14.8. The van der Waals surface area contributed by atoms with E-state index in [1.807, 2.05) is 25.3 Å². The molecule has 8 heavy (non-hydrogen) atoms. The van der Waals surface area contributed by atoms with Gasteiger partial charge in [0.25, 0.3) is 0 Å². The Labute approximate surface area is 51.1 Å². The topological polar surface area (TPSA) is 12.0 Å². The predicted octanol–water partition coefficient (Wildman–Crippen LogP) is 1.69. The third kappa shape index (κ3) is 5.28. The average Bonchev–Trinajstić information content (AvgIpc) is 1.81. The van der Waals surface area contributed by atoms with Crippen LogP contribution < -0.4 is 5.32 Å². The summed E-state index contributed by atoms with van der Waals surface area (Å²) in [5, 5.41) is 3.08. The molecule has 0 aliphatic heterocycles. The monoisotopic (exact) mass is 111 g/mol. The van der Waals surface area contributed by atoms with Crippen molar-refractivity contribution in [3.05, 3.63) is 24.9 Å². The molecule has 0 aliphatic rings. The van der Waals surface area contributed by atoms with Crippen molar-refractivity contribution in [2.45, 2.75) is 13.3 Å². The lowest BCUT2D eigenvalue weighted by Gasteiger charge is -1.92. The van der Waals surface area contributed by atoms with Gasteiger partial charge in [-0.3, -0.25) is 0 Å². The summed E-state index contributed by atoms with van der Waals surface area (Å²) in [6, 6.07) is 0. The Hall–Kier alpha value is -0.720. The first-order valence-electron chi connectivity index (χ1n) is 2.87. The minimum absolute atomic E-state index is 0.994. The second-order valence-electron chi connectivity index (χ2n) is 1.53. The molecule has 0 saturated heterocycles. The first-order chi connectivity index (χ1) is 3.91. The molecule has 0 fully saturated rings. The molecule has 46 valence electrons. The second kappa shape index (κ2) is 6.28. The van der Waals surface area contributed by atoms with Crippen molar-refractivity contribution in [1.82, 2.24) is 5.32 Å². The smallest absolute Gasteiger partial charge is 0.0175 e. The van der Waals surface area contributed by atoms with Crippen LogP contribution in [0.15, 0.2) is 24.9 Å². The molecule has 0 amide bonds. The van der Waals surface area contributed by atoms with Gasteiger partial charge in [-0.15, -0.1) is 6.58 Å². The van der Waals surface area contributed by atoms with E-state index in [1.54, 1.807) is 0 Å². The SMILES string of the molecule is C=CCCN/C=C\C. The summed E-state index contributed by atoms with van der Waals surface area (Å²) < 4.78 is 0. The zero-order chi connectivity index (χ0) is 6.24. The van der Waals surface area contributed by atoms with Crippen molar-refractivity contribution < 1.29 is 0 Å². The van der Waals surface area contributed by atoms with Gasteiger partial charge in [-0.1, -0.05) is 12.2 Å². The van der Waals surface area contributed by atoms with Gasteiger partial charge in [0.05, 0.1) is 0 Å². The van der Waals surface area contributed by atoms with Gasteiger partial charge >= 0.3 is 0 Å². The highest BCUT2D eigenvalue weighted by Crippen LogP contribution is 1.74. The fraction of sp³-hybridized carbons (Fsp3) is 0.429. The van der Waals surface area contributed by atoms with Crippen LogP contribution in [0.2, 0.25) is 0 Å². The van der Waals surface area contributed by atoms with Crippen LogP contribution in [-0.4, -0.2) is 6.54 Å². The van der Waals surface area contributed by atoms with E-state index in [4.69, 9.17) is 0 Å². The Kier molecular flexibility index (Phi) is 5.71. The Morgan fingerprint density at radius 3 is 2.88 bits per heavy atom. The van der Waals surface area contributed by atoms with Crippen molar-refractivity contribution in [1.29, 1.82) is 0 Å². The van der Waals surface area contributed by atoms with E-state index in [0.29, 0.717) is 0 Å². The van der Waals surface area contributed by atoms with E-state index in [9.17, 15) is 0 Å². The van der Waals surface area contributed by atoms with E-state index in [1.165, 1.54) is 0 Å². The van der Waals surface area contributed by atoms with E-state index in [0.717, 1.165) is 13.0 Å². The first-order valence-corrected chi connectivity index (χ1v) is 2.87. The zero-order valence-corrected chi connectivity index (χ0v) is 5.35. The molecule has 0 aromatic heterocycles. The molecule has 1 N–H and O–H groups in total. The molecule has 0 heterocycles. The van der Waals surface area contributed by atoms with Crippen LogP contribution in [0.5, 0.6) is 0 Å². The standard InChI is InChI=1S/C7H13N/c1-3-5-7-8-6-4-2/h3-4,6,8H,1,5,7H2,2H3/b6-4-. The lowest BCUT2D eigenvalue weighted by Crippen LogP contribution is -2.04. The van der Waals surface area contributed by atoms with Crippen LogP contribution in [-0.2, 0) is 0 Å². The summed E-state index contributed by atoms with van der Waals surface area (Å²) in [4.78, 5) is 0. The van der Waals surface area contributed by atoms with Gasteiger partial charge in [-0.2, -0.15) is 0 Å². The molecule has 0 spiro atoms. The molecule has 0 aromatic rings. The van der Waals surface area contributed by atoms with Crippen LogP contribution in [0.3, 0.4) is 0 Å². The van der Waals surface area contributed by atoms with E-state index < -0.39 is 0 Å². The normalized spacial score (nSPS) is 9.62. The van der Waals surface area contributed by atoms with Crippen LogP contribution in [0, 0.1) is 0 Å². The lowest BCUT2D eigenvalue weighted by atomic mass is 10.4. The maximum atomic E-state index is 3.59. The van der Waals surface area contributed by atoms with Gasteiger partial charge < -0.3 is 5.32 Å². The Balaban J connectivity index is 2.82. The number of rotatable bonds is 4. The second-order valence-corrected chi connectivity index (χ2v) is 1.53. The molecule has 0 saturated carbocycles. The molecule has 1 heteroatoms. The third-order valence-corrected chi connectivity index (χ3v) is 0.777. The quantitative estimate of drug-likeness (QED) is 0.430. The van der Waals surface area contributed by atoms with Crippen LogP contribution >= 0.6 is 0 Å². The first kappa shape index (κ1) is 7.28. The maximum Gasteiger partial charge on any atom is 0.0175 e. The Bertz CT molecular complexity index is 74.5. The fourth-order valence-corrected chi connectivity index (χ4v) is 0.387. The van der Waals surface area contributed by atoms with Crippen molar-refractivity contribution in [3.8, 4) is 0 Å². The van der Waals surface area contributed by atoms with Crippen LogP contribution in [0.4, 0.5) is 0 Å².